The van der Waals surface area contributed by atoms with Gasteiger partial charge in [0.1, 0.15) is 11.6 Å². The van der Waals surface area contributed by atoms with Crippen LogP contribution in [0.2, 0.25) is 0 Å². The Morgan fingerprint density at radius 2 is 2.08 bits per heavy atom. The third-order valence-electron chi connectivity index (χ3n) is 3.35. The maximum absolute atomic E-state index is 12.2. The highest BCUT2D eigenvalue weighted by Crippen LogP contribution is 2.33. The summed E-state index contributed by atoms with van der Waals surface area (Å²) in [6, 6.07) is 11.4. The molecule has 0 aliphatic carbocycles. The molecular formula is C16H8BrN3O3S. The third-order valence-corrected chi connectivity index (χ3v) is 5.07. The molecule has 2 heterocycles. The van der Waals surface area contributed by atoms with Gasteiger partial charge in [-0.25, -0.2) is 0 Å². The van der Waals surface area contributed by atoms with Crippen molar-refractivity contribution >= 4 is 33.0 Å². The second kappa shape index (κ2) is 6.39. The van der Waals surface area contributed by atoms with E-state index in [1.54, 1.807) is 18.2 Å². The zero-order chi connectivity index (χ0) is 17.3. The summed E-state index contributed by atoms with van der Waals surface area (Å²) >= 11 is 4.74. The van der Waals surface area contributed by atoms with E-state index in [9.17, 15) is 20.2 Å². The van der Waals surface area contributed by atoms with Crippen LogP contribution >= 0.6 is 27.3 Å². The molecule has 0 aliphatic rings. The number of rotatable bonds is 3. The number of aromatic nitrogens is 1. The Morgan fingerprint density at radius 1 is 1.29 bits per heavy atom. The van der Waals surface area contributed by atoms with Crippen LogP contribution in [0, 0.1) is 21.4 Å². The standard InChI is InChI=1S/C16H8BrN3O3S/c17-10-5-15(24-8-10)12-6-14(19-16(21)13(12)7-18)9-2-1-3-11(4-9)20(22)23/h1-6,8H,(H,19,21). The molecule has 3 rings (SSSR count). The number of nitrogens with one attached hydrogen (secondary N) is 1. The Hall–Kier alpha value is -2.76. The first-order chi connectivity index (χ1) is 11.5. The summed E-state index contributed by atoms with van der Waals surface area (Å²) in [5.74, 6) is 0. The average molecular weight is 402 g/mol. The second-order valence-corrected chi connectivity index (χ2v) is 6.68. The zero-order valence-electron chi connectivity index (χ0n) is 11.9. The molecule has 1 aromatic carbocycles. The number of nitro groups is 1. The molecule has 118 valence electrons. The van der Waals surface area contributed by atoms with Crippen LogP contribution in [0.5, 0.6) is 0 Å². The maximum atomic E-state index is 12.2. The van der Waals surface area contributed by atoms with Crippen molar-refractivity contribution in [2.45, 2.75) is 0 Å². The van der Waals surface area contributed by atoms with Crippen molar-refractivity contribution in [3.05, 3.63) is 72.3 Å². The molecule has 0 bridgehead atoms. The Labute approximate surface area is 148 Å². The highest BCUT2D eigenvalue weighted by molar-refractivity contribution is 9.10. The molecule has 0 atom stereocenters. The first kappa shape index (κ1) is 16.1. The van der Waals surface area contributed by atoms with Gasteiger partial charge in [0.25, 0.3) is 11.2 Å². The highest BCUT2D eigenvalue weighted by atomic mass is 79.9. The lowest BCUT2D eigenvalue weighted by atomic mass is 10.0. The van der Waals surface area contributed by atoms with Crippen molar-refractivity contribution < 1.29 is 4.92 Å². The van der Waals surface area contributed by atoms with Crippen LogP contribution in [0.4, 0.5) is 5.69 Å². The third kappa shape index (κ3) is 2.99. The molecule has 0 unspecified atom stereocenters. The van der Waals surface area contributed by atoms with Crippen LogP contribution in [-0.2, 0) is 0 Å². The van der Waals surface area contributed by atoms with E-state index in [0.717, 1.165) is 9.35 Å². The number of hydrogen-bond acceptors (Lipinski definition) is 5. The lowest BCUT2D eigenvalue weighted by Crippen LogP contribution is -2.12. The summed E-state index contributed by atoms with van der Waals surface area (Å²) in [4.78, 5) is 26.1. The molecule has 0 spiro atoms. The number of H-pyrrole nitrogens is 1. The molecule has 0 aliphatic heterocycles. The normalized spacial score (nSPS) is 10.3. The summed E-state index contributed by atoms with van der Waals surface area (Å²) in [5.41, 5.74) is 0.834. The van der Waals surface area contributed by atoms with Gasteiger partial charge in [0, 0.05) is 43.7 Å². The van der Waals surface area contributed by atoms with Crippen molar-refractivity contribution in [1.29, 1.82) is 5.26 Å². The first-order valence-corrected chi connectivity index (χ1v) is 8.33. The minimum atomic E-state index is -0.527. The molecular weight excluding hydrogens is 394 g/mol. The predicted molar refractivity (Wildman–Crippen MR) is 94.9 cm³/mol. The first-order valence-electron chi connectivity index (χ1n) is 6.66. The van der Waals surface area contributed by atoms with E-state index >= 15 is 0 Å². The number of thiophene rings is 1. The fraction of sp³-hybridized carbons (Fsp3) is 0. The molecule has 0 saturated carbocycles. The minimum absolute atomic E-state index is 0.0125. The molecule has 0 radical (unpaired) electrons. The number of nitrogens with zero attached hydrogens (tertiary/aromatic N) is 2. The fourth-order valence-electron chi connectivity index (χ4n) is 2.26. The number of halogens is 1. The Balaban J connectivity index is 2.23. The monoisotopic (exact) mass is 401 g/mol. The second-order valence-electron chi connectivity index (χ2n) is 4.85. The van der Waals surface area contributed by atoms with Gasteiger partial charge in [-0.3, -0.25) is 14.9 Å². The van der Waals surface area contributed by atoms with Gasteiger partial charge in [-0.15, -0.1) is 11.3 Å². The van der Waals surface area contributed by atoms with Gasteiger partial charge in [0.2, 0.25) is 0 Å². The van der Waals surface area contributed by atoms with Gasteiger partial charge in [0.05, 0.1) is 4.92 Å². The van der Waals surface area contributed by atoms with Crippen molar-refractivity contribution in [2.24, 2.45) is 0 Å². The van der Waals surface area contributed by atoms with E-state index in [4.69, 9.17) is 0 Å². The van der Waals surface area contributed by atoms with Gasteiger partial charge < -0.3 is 4.98 Å². The van der Waals surface area contributed by atoms with Crippen LogP contribution < -0.4 is 5.56 Å². The number of non-ortho nitro benzene ring substituents is 1. The number of benzene rings is 1. The molecule has 3 aromatic rings. The van der Waals surface area contributed by atoms with Gasteiger partial charge in [-0.05, 0) is 28.1 Å². The van der Waals surface area contributed by atoms with Gasteiger partial charge in [0.15, 0.2) is 0 Å². The Bertz CT molecular complexity index is 1050. The molecule has 8 heteroatoms. The summed E-state index contributed by atoms with van der Waals surface area (Å²) < 4.78 is 0.851. The smallest absolute Gasteiger partial charge is 0.270 e. The summed E-state index contributed by atoms with van der Waals surface area (Å²) in [6.07, 6.45) is 0. The Kier molecular flexibility index (Phi) is 4.29. The van der Waals surface area contributed by atoms with E-state index < -0.39 is 10.5 Å². The lowest BCUT2D eigenvalue weighted by molar-refractivity contribution is -0.384. The van der Waals surface area contributed by atoms with Gasteiger partial charge in [-0.2, -0.15) is 5.26 Å². The predicted octanol–water partition coefficient (Wildman–Crippen LogP) is 4.31. The minimum Gasteiger partial charge on any atom is -0.321 e. The number of nitriles is 1. The summed E-state index contributed by atoms with van der Waals surface area (Å²) in [6.45, 7) is 0. The highest BCUT2D eigenvalue weighted by Gasteiger charge is 2.15. The van der Waals surface area contributed by atoms with Crippen LogP contribution in [0.25, 0.3) is 21.7 Å². The number of aromatic amines is 1. The Morgan fingerprint density at radius 3 is 2.71 bits per heavy atom. The van der Waals surface area contributed by atoms with Gasteiger partial charge >= 0.3 is 0 Å². The molecule has 1 N–H and O–H groups in total. The SMILES string of the molecule is N#Cc1c(-c2cc(Br)cs2)cc(-c2cccc([N+](=O)[O-])c2)[nH]c1=O. The lowest BCUT2D eigenvalue weighted by Gasteiger charge is -2.06. The largest absolute Gasteiger partial charge is 0.321 e. The quantitative estimate of drug-likeness (QED) is 0.521. The molecule has 0 fully saturated rings. The summed E-state index contributed by atoms with van der Waals surface area (Å²) in [5, 5.41) is 22.1. The van der Waals surface area contributed by atoms with E-state index in [1.165, 1.54) is 23.5 Å². The van der Waals surface area contributed by atoms with Crippen molar-refractivity contribution in [2.75, 3.05) is 0 Å². The van der Waals surface area contributed by atoms with E-state index in [0.29, 0.717) is 16.8 Å². The fourth-order valence-corrected chi connectivity index (χ4v) is 3.71. The van der Waals surface area contributed by atoms with Crippen molar-refractivity contribution in [3.63, 3.8) is 0 Å². The van der Waals surface area contributed by atoms with E-state index in [-0.39, 0.29) is 11.3 Å². The molecule has 2 aromatic heterocycles. The molecule has 0 amide bonds. The summed E-state index contributed by atoms with van der Waals surface area (Å²) in [7, 11) is 0. The van der Waals surface area contributed by atoms with Crippen LogP contribution in [0.15, 0.2) is 51.0 Å². The molecule has 24 heavy (non-hydrogen) atoms. The molecule has 0 saturated heterocycles. The van der Waals surface area contributed by atoms with Crippen LogP contribution in [-0.4, -0.2) is 9.91 Å². The average Bonchev–Trinajstić information content (AvgIpc) is 3.00. The van der Waals surface area contributed by atoms with E-state index in [1.807, 2.05) is 17.5 Å². The number of pyridine rings is 1. The molecule has 6 nitrogen and oxygen atoms in total. The maximum Gasteiger partial charge on any atom is 0.270 e. The van der Waals surface area contributed by atoms with Crippen molar-refractivity contribution in [3.8, 4) is 27.8 Å². The topological polar surface area (TPSA) is 99.8 Å². The van der Waals surface area contributed by atoms with E-state index in [2.05, 4.69) is 20.9 Å². The van der Waals surface area contributed by atoms with Crippen LogP contribution in [0.3, 0.4) is 0 Å². The number of hydrogen-bond donors (Lipinski definition) is 1. The van der Waals surface area contributed by atoms with Crippen molar-refractivity contribution in [1.82, 2.24) is 4.98 Å². The van der Waals surface area contributed by atoms with Crippen LogP contribution in [0.1, 0.15) is 5.56 Å². The number of nitro benzene ring substituents is 1. The zero-order valence-corrected chi connectivity index (χ0v) is 14.3. The van der Waals surface area contributed by atoms with Gasteiger partial charge in [-0.1, -0.05) is 12.1 Å².